The third-order valence-corrected chi connectivity index (χ3v) is 3.71. The fourth-order valence-electron chi connectivity index (χ4n) is 2.67. The summed E-state index contributed by atoms with van der Waals surface area (Å²) in [4.78, 5) is 8.85. The van der Waals surface area contributed by atoms with Crippen LogP contribution in [0.1, 0.15) is 44.7 Å². The van der Waals surface area contributed by atoms with Gasteiger partial charge in [-0.25, -0.2) is 4.98 Å². The van der Waals surface area contributed by atoms with Gasteiger partial charge in [0.1, 0.15) is 5.82 Å². The molecule has 0 bridgehead atoms. The van der Waals surface area contributed by atoms with Gasteiger partial charge in [-0.1, -0.05) is 13.3 Å². The Bertz CT molecular complexity index is 424. The van der Waals surface area contributed by atoms with Crippen LogP contribution < -0.4 is 10.6 Å². The van der Waals surface area contributed by atoms with Gasteiger partial charge < -0.3 is 15.7 Å². The van der Waals surface area contributed by atoms with Crippen LogP contribution in [0.25, 0.3) is 0 Å². The van der Waals surface area contributed by atoms with Gasteiger partial charge in [-0.15, -0.1) is 0 Å². The molecule has 112 valence electrons. The van der Waals surface area contributed by atoms with Gasteiger partial charge >= 0.3 is 0 Å². The fraction of sp³-hybridized carbons (Fsp3) is 0.733. The molecule has 1 saturated carbocycles. The lowest BCUT2D eigenvalue weighted by Gasteiger charge is -2.26. The number of aromatic nitrogens is 2. The van der Waals surface area contributed by atoms with E-state index in [4.69, 9.17) is 0 Å². The zero-order valence-corrected chi connectivity index (χ0v) is 12.5. The minimum atomic E-state index is -0.121. The molecule has 1 aliphatic carbocycles. The van der Waals surface area contributed by atoms with Crippen LogP contribution in [0.2, 0.25) is 0 Å². The standard InChI is InChI=1S/C15H26N4O/c1-3-7-16-15-18-11(2)8-14(19-15)17-10-12-5-4-6-13(20)9-12/h8,12-13,20H,3-7,9-10H2,1-2H3,(H2,16,17,18,19). The first-order valence-electron chi connectivity index (χ1n) is 7.69. The smallest absolute Gasteiger partial charge is 0.224 e. The number of aryl methyl sites for hydroxylation is 1. The highest BCUT2D eigenvalue weighted by Gasteiger charge is 2.19. The largest absolute Gasteiger partial charge is 0.393 e. The number of aliphatic hydroxyl groups excluding tert-OH is 1. The molecule has 0 saturated heterocycles. The summed E-state index contributed by atoms with van der Waals surface area (Å²) in [5.41, 5.74) is 0.963. The fourth-order valence-corrected chi connectivity index (χ4v) is 2.67. The Morgan fingerprint density at radius 2 is 2.15 bits per heavy atom. The Balaban J connectivity index is 1.89. The molecular weight excluding hydrogens is 252 g/mol. The van der Waals surface area contributed by atoms with Gasteiger partial charge in [0.05, 0.1) is 6.10 Å². The van der Waals surface area contributed by atoms with E-state index in [1.165, 1.54) is 6.42 Å². The third kappa shape index (κ3) is 4.63. The van der Waals surface area contributed by atoms with Crippen LogP contribution in [0, 0.1) is 12.8 Å². The normalized spacial score (nSPS) is 22.6. The molecule has 0 radical (unpaired) electrons. The molecular formula is C15H26N4O. The molecule has 5 heteroatoms. The molecule has 0 spiro atoms. The molecule has 2 atom stereocenters. The van der Waals surface area contributed by atoms with E-state index in [2.05, 4.69) is 27.5 Å². The molecule has 5 nitrogen and oxygen atoms in total. The molecule has 1 aliphatic rings. The van der Waals surface area contributed by atoms with Crippen LogP contribution in [0.4, 0.5) is 11.8 Å². The van der Waals surface area contributed by atoms with E-state index < -0.39 is 0 Å². The number of nitrogens with one attached hydrogen (secondary N) is 2. The van der Waals surface area contributed by atoms with Gasteiger partial charge in [0, 0.05) is 24.8 Å². The zero-order valence-electron chi connectivity index (χ0n) is 12.5. The SMILES string of the molecule is CCCNc1nc(C)cc(NCC2CCCC(O)C2)n1. The zero-order chi connectivity index (χ0) is 14.4. The molecule has 1 fully saturated rings. The topological polar surface area (TPSA) is 70.1 Å². The monoisotopic (exact) mass is 278 g/mol. The molecule has 2 unspecified atom stereocenters. The predicted molar refractivity (Wildman–Crippen MR) is 82.0 cm³/mol. The van der Waals surface area contributed by atoms with Crippen molar-refractivity contribution in [2.24, 2.45) is 5.92 Å². The van der Waals surface area contributed by atoms with Crippen molar-refractivity contribution in [3.8, 4) is 0 Å². The number of rotatable bonds is 6. The highest BCUT2D eigenvalue weighted by atomic mass is 16.3. The van der Waals surface area contributed by atoms with E-state index in [9.17, 15) is 5.11 Å². The summed E-state index contributed by atoms with van der Waals surface area (Å²) in [5, 5.41) is 16.3. The number of anilines is 2. The third-order valence-electron chi connectivity index (χ3n) is 3.71. The Labute approximate surface area is 121 Å². The predicted octanol–water partition coefficient (Wildman–Crippen LogP) is 2.57. The van der Waals surface area contributed by atoms with E-state index in [0.29, 0.717) is 11.9 Å². The number of hydrogen-bond acceptors (Lipinski definition) is 5. The summed E-state index contributed by atoms with van der Waals surface area (Å²) in [6.07, 6.45) is 5.10. The van der Waals surface area contributed by atoms with Gasteiger partial charge in [-0.2, -0.15) is 4.98 Å². The minimum absolute atomic E-state index is 0.121. The average molecular weight is 278 g/mol. The Morgan fingerprint density at radius 1 is 1.30 bits per heavy atom. The van der Waals surface area contributed by atoms with Crippen LogP contribution in [0.15, 0.2) is 6.07 Å². The highest BCUT2D eigenvalue weighted by molar-refractivity contribution is 5.42. The van der Waals surface area contributed by atoms with Crippen LogP contribution in [-0.2, 0) is 0 Å². The number of nitrogens with zero attached hydrogens (tertiary/aromatic N) is 2. The molecule has 2 rings (SSSR count). The summed E-state index contributed by atoms with van der Waals surface area (Å²) in [5.74, 6) is 2.11. The van der Waals surface area contributed by atoms with Crippen LogP contribution in [-0.4, -0.2) is 34.3 Å². The second kappa shape index (κ2) is 7.43. The lowest BCUT2D eigenvalue weighted by Crippen LogP contribution is -2.25. The van der Waals surface area contributed by atoms with E-state index in [1.54, 1.807) is 0 Å². The van der Waals surface area contributed by atoms with E-state index >= 15 is 0 Å². The van der Waals surface area contributed by atoms with Crippen LogP contribution >= 0.6 is 0 Å². The van der Waals surface area contributed by atoms with Crippen molar-refractivity contribution < 1.29 is 5.11 Å². The van der Waals surface area contributed by atoms with Gasteiger partial charge in [0.2, 0.25) is 5.95 Å². The summed E-state index contributed by atoms with van der Waals surface area (Å²) in [6.45, 7) is 5.86. The first-order chi connectivity index (χ1) is 9.67. The molecule has 1 aromatic rings. The summed E-state index contributed by atoms with van der Waals surface area (Å²) < 4.78 is 0. The van der Waals surface area contributed by atoms with Crippen molar-refractivity contribution in [3.05, 3.63) is 11.8 Å². The Kier molecular flexibility index (Phi) is 5.59. The van der Waals surface area contributed by atoms with Crippen molar-refractivity contribution in [2.45, 2.75) is 52.1 Å². The van der Waals surface area contributed by atoms with Crippen molar-refractivity contribution >= 4 is 11.8 Å². The van der Waals surface area contributed by atoms with Crippen molar-refractivity contribution in [1.29, 1.82) is 0 Å². The van der Waals surface area contributed by atoms with E-state index in [1.807, 2.05) is 13.0 Å². The van der Waals surface area contributed by atoms with E-state index in [-0.39, 0.29) is 6.10 Å². The Morgan fingerprint density at radius 3 is 2.90 bits per heavy atom. The van der Waals surface area contributed by atoms with Crippen molar-refractivity contribution in [3.63, 3.8) is 0 Å². The summed E-state index contributed by atoms with van der Waals surface area (Å²) in [7, 11) is 0. The molecule has 3 N–H and O–H groups in total. The van der Waals surface area contributed by atoms with Gasteiger partial charge in [-0.3, -0.25) is 0 Å². The maximum Gasteiger partial charge on any atom is 0.224 e. The lowest BCUT2D eigenvalue weighted by atomic mass is 9.87. The summed E-state index contributed by atoms with van der Waals surface area (Å²) >= 11 is 0. The first kappa shape index (κ1) is 15.0. The molecule has 1 heterocycles. The second-order valence-corrected chi connectivity index (χ2v) is 5.71. The van der Waals surface area contributed by atoms with Crippen molar-refractivity contribution in [1.82, 2.24) is 9.97 Å². The second-order valence-electron chi connectivity index (χ2n) is 5.71. The quantitative estimate of drug-likeness (QED) is 0.746. The van der Waals surface area contributed by atoms with Gasteiger partial charge in [-0.05, 0) is 38.5 Å². The molecule has 20 heavy (non-hydrogen) atoms. The molecule has 0 aliphatic heterocycles. The maximum absolute atomic E-state index is 9.70. The number of aliphatic hydroxyl groups is 1. The maximum atomic E-state index is 9.70. The Hall–Kier alpha value is -1.36. The lowest BCUT2D eigenvalue weighted by molar-refractivity contribution is 0.104. The summed E-state index contributed by atoms with van der Waals surface area (Å²) in [6, 6.07) is 1.97. The molecule has 0 amide bonds. The first-order valence-corrected chi connectivity index (χ1v) is 7.69. The van der Waals surface area contributed by atoms with Crippen LogP contribution in [0.5, 0.6) is 0 Å². The van der Waals surface area contributed by atoms with Crippen LogP contribution in [0.3, 0.4) is 0 Å². The molecule has 0 aromatic carbocycles. The van der Waals surface area contributed by atoms with Gasteiger partial charge in [0.25, 0.3) is 0 Å². The van der Waals surface area contributed by atoms with E-state index in [0.717, 1.165) is 50.3 Å². The average Bonchev–Trinajstić information content (AvgIpc) is 2.42. The van der Waals surface area contributed by atoms with Crippen molar-refractivity contribution in [2.75, 3.05) is 23.7 Å². The number of hydrogen-bond donors (Lipinski definition) is 3. The highest BCUT2D eigenvalue weighted by Crippen LogP contribution is 2.24. The molecule has 1 aromatic heterocycles. The minimum Gasteiger partial charge on any atom is -0.393 e. The van der Waals surface area contributed by atoms with Gasteiger partial charge in [0.15, 0.2) is 0 Å².